The second-order valence-corrected chi connectivity index (χ2v) is 4.50. The van der Waals surface area contributed by atoms with Crippen molar-refractivity contribution in [2.45, 2.75) is 24.5 Å². The third-order valence-corrected chi connectivity index (χ3v) is 3.24. The Hall–Kier alpha value is -2.01. The van der Waals surface area contributed by atoms with Gasteiger partial charge in [0.15, 0.2) is 11.9 Å². The van der Waals surface area contributed by atoms with E-state index in [9.17, 15) is 24.9 Å². The van der Waals surface area contributed by atoms with Gasteiger partial charge < -0.3 is 25.0 Å². The van der Waals surface area contributed by atoms with Crippen molar-refractivity contribution in [3.05, 3.63) is 27.2 Å². The molecule has 0 bridgehead atoms. The van der Waals surface area contributed by atoms with E-state index in [2.05, 4.69) is 15.0 Å². The van der Waals surface area contributed by atoms with Gasteiger partial charge in [-0.25, -0.2) is 14.3 Å². The van der Waals surface area contributed by atoms with Crippen LogP contribution in [0.5, 0.6) is 0 Å². The van der Waals surface area contributed by atoms with Crippen LogP contribution < -0.4 is 11.2 Å². The number of fused-ring (bicyclic) bond motifs is 1. The Labute approximate surface area is 110 Å². The molecule has 10 heteroatoms. The summed E-state index contributed by atoms with van der Waals surface area (Å²) >= 11 is 0. The zero-order chi connectivity index (χ0) is 14.4. The first-order chi connectivity index (χ1) is 9.50. The van der Waals surface area contributed by atoms with E-state index in [4.69, 9.17) is 4.74 Å². The summed E-state index contributed by atoms with van der Waals surface area (Å²) in [4.78, 5) is 32.8. The largest absolute Gasteiger partial charge is 0.388 e. The first kappa shape index (κ1) is 13.0. The Kier molecular flexibility index (Phi) is 2.94. The highest BCUT2D eigenvalue weighted by Gasteiger charge is 2.40. The van der Waals surface area contributed by atoms with Crippen LogP contribution in [0.25, 0.3) is 11.2 Å². The molecule has 2 aromatic heterocycles. The molecule has 0 radical (unpaired) electrons. The standard InChI is InChI=1S/C10H12N4O6/c15-3-1-20-9(6(17)5(3)16)14-8(18)4-7(12-2-11-4)13-10(14)19/h2-3,5-6,9,15-17H,1H2,(H,11,12)(H,13,19). The second-order valence-electron chi connectivity index (χ2n) is 4.50. The number of rotatable bonds is 1. The van der Waals surface area contributed by atoms with Crippen molar-refractivity contribution in [2.75, 3.05) is 6.61 Å². The van der Waals surface area contributed by atoms with Gasteiger partial charge in [-0.05, 0) is 0 Å². The Morgan fingerprint density at radius 1 is 1.30 bits per heavy atom. The maximum absolute atomic E-state index is 12.2. The number of imidazole rings is 1. The fourth-order valence-corrected chi connectivity index (χ4v) is 2.18. The Bertz CT molecular complexity index is 748. The van der Waals surface area contributed by atoms with Crippen molar-refractivity contribution in [1.82, 2.24) is 19.5 Å². The first-order valence-electron chi connectivity index (χ1n) is 5.84. The van der Waals surface area contributed by atoms with E-state index >= 15 is 0 Å². The number of H-pyrrole nitrogens is 2. The van der Waals surface area contributed by atoms with E-state index < -0.39 is 35.8 Å². The van der Waals surface area contributed by atoms with Crippen LogP contribution in [-0.4, -0.2) is 59.8 Å². The molecule has 1 aliphatic rings. The number of ether oxygens (including phenoxy) is 1. The van der Waals surface area contributed by atoms with Crippen molar-refractivity contribution < 1.29 is 20.1 Å². The third-order valence-electron chi connectivity index (χ3n) is 3.24. The summed E-state index contributed by atoms with van der Waals surface area (Å²) in [6.07, 6.45) is -4.57. The van der Waals surface area contributed by atoms with Crippen molar-refractivity contribution in [3.63, 3.8) is 0 Å². The monoisotopic (exact) mass is 284 g/mol. The van der Waals surface area contributed by atoms with Crippen LogP contribution in [0.15, 0.2) is 15.9 Å². The molecule has 1 aliphatic heterocycles. The molecule has 10 nitrogen and oxygen atoms in total. The minimum Gasteiger partial charge on any atom is -0.388 e. The lowest BCUT2D eigenvalue weighted by Gasteiger charge is -2.35. The molecule has 2 aromatic rings. The number of nitrogens with zero attached hydrogens (tertiary/aromatic N) is 2. The minimum atomic E-state index is -1.61. The number of hydrogen-bond donors (Lipinski definition) is 5. The van der Waals surface area contributed by atoms with Crippen LogP contribution in [-0.2, 0) is 4.74 Å². The van der Waals surface area contributed by atoms with Gasteiger partial charge in [-0.15, -0.1) is 0 Å². The number of hydrogen-bond acceptors (Lipinski definition) is 7. The van der Waals surface area contributed by atoms with Gasteiger partial charge in [0.1, 0.15) is 23.8 Å². The number of aromatic amines is 2. The SMILES string of the molecule is O=c1[nH]c2nc[nH]c2c(=O)n1C1OCC(O)C(O)C1O. The zero-order valence-electron chi connectivity index (χ0n) is 10.1. The number of aromatic nitrogens is 4. The molecule has 0 amide bonds. The third kappa shape index (κ3) is 1.78. The molecule has 5 N–H and O–H groups in total. The average molecular weight is 284 g/mol. The smallest absolute Gasteiger partial charge is 0.332 e. The van der Waals surface area contributed by atoms with Gasteiger partial charge in [-0.2, -0.15) is 0 Å². The highest BCUT2D eigenvalue weighted by Crippen LogP contribution is 2.21. The summed E-state index contributed by atoms with van der Waals surface area (Å²) in [5.41, 5.74) is -1.45. The van der Waals surface area contributed by atoms with Crippen molar-refractivity contribution >= 4 is 11.2 Å². The number of nitrogens with one attached hydrogen (secondary N) is 2. The summed E-state index contributed by atoms with van der Waals surface area (Å²) in [6.45, 7) is -0.310. The normalized spacial score (nSPS) is 30.8. The van der Waals surface area contributed by atoms with Crippen LogP contribution >= 0.6 is 0 Å². The van der Waals surface area contributed by atoms with Gasteiger partial charge in [0.25, 0.3) is 5.56 Å². The van der Waals surface area contributed by atoms with Crippen molar-refractivity contribution in [2.24, 2.45) is 0 Å². The van der Waals surface area contributed by atoms with Crippen LogP contribution in [0.3, 0.4) is 0 Å². The highest BCUT2D eigenvalue weighted by atomic mass is 16.5. The molecule has 1 saturated heterocycles. The molecule has 3 rings (SSSR count). The number of aliphatic hydroxyl groups excluding tert-OH is 3. The summed E-state index contributed by atoms with van der Waals surface area (Å²) in [6, 6.07) is 0. The van der Waals surface area contributed by atoms with Crippen LogP contribution in [0, 0.1) is 0 Å². The Balaban J connectivity index is 2.15. The molecule has 0 aliphatic carbocycles. The van der Waals surface area contributed by atoms with Gasteiger partial charge in [-0.1, -0.05) is 0 Å². The second kappa shape index (κ2) is 4.52. The fraction of sp³-hybridized carbons (Fsp3) is 0.500. The van der Waals surface area contributed by atoms with E-state index in [1.807, 2.05) is 0 Å². The number of aliphatic hydroxyl groups is 3. The van der Waals surface area contributed by atoms with Crippen LogP contribution in [0.2, 0.25) is 0 Å². The lowest BCUT2D eigenvalue weighted by molar-refractivity contribution is -0.212. The lowest BCUT2D eigenvalue weighted by Crippen LogP contribution is -2.55. The molecular weight excluding hydrogens is 272 g/mol. The predicted octanol–water partition coefficient (Wildman–Crippen LogP) is -2.98. The van der Waals surface area contributed by atoms with E-state index in [1.165, 1.54) is 6.33 Å². The van der Waals surface area contributed by atoms with Crippen molar-refractivity contribution in [3.8, 4) is 0 Å². The van der Waals surface area contributed by atoms with Gasteiger partial charge in [0.2, 0.25) is 0 Å². The molecule has 0 saturated carbocycles. The predicted molar refractivity (Wildman–Crippen MR) is 64.0 cm³/mol. The summed E-state index contributed by atoms with van der Waals surface area (Å²) in [7, 11) is 0. The topological polar surface area (TPSA) is 153 Å². The molecular formula is C10H12N4O6. The minimum absolute atomic E-state index is 0.0426. The molecule has 4 unspecified atom stereocenters. The molecule has 4 atom stereocenters. The fourth-order valence-electron chi connectivity index (χ4n) is 2.18. The maximum Gasteiger partial charge on any atom is 0.332 e. The van der Waals surface area contributed by atoms with Crippen molar-refractivity contribution in [1.29, 1.82) is 0 Å². The van der Waals surface area contributed by atoms with Crippen LogP contribution in [0.1, 0.15) is 6.23 Å². The van der Waals surface area contributed by atoms with Gasteiger partial charge >= 0.3 is 5.69 Å². The van der Waals surface area contributed by atoms with E-state index in [1.54, 1.807) is 0 Å². The summed E-state index contributed by atoms with van der Waals surface area (Å²) in [5, 5.41) is 28.8. The van der Waals surface area contributed by atoms with Crippen LogP contribution in [0.4, 0.5) is 0 Å². The highest BCUT2D eigenvalue weighted by molar-refractivity contribution is 5.67. The van der Waals surface area contributed by atoms with Gasteiger partial charge in [0.05, 0.1) is 12.9 Å². The first-order valence-corrected chi connectivity index (χ1v) is 5.84. The Morgan fingerprint density at radius 3 is 2.80 bits per heavy atom. The maximum atomic E-state index is 12.2. The van der Waals surface area contributed by atoms with E-state index in [0.717, 1.165) is 0 Å². The molecule has 3 heterocycles. The Morgan fingerprint density at radius 2 is 2.05 bits per heavy atom. The summed E-state index contributed by atoms with van der Waals surface area (Å²) in [5.74, 6) is 0. The van der Waals surface area contributed by atoms with E-state index in [-0.39, 0.29) is 17.8 Å². The molecule has 0 spiro atoms. The molecule has 20 heavy (non-hydrogen) atoms. The van der Waals surface area contributed by atoms with Gasteiger partial charge in [0, 0.05) is 0 Å². The molecule has 108 valence electrons. The quantitative estimate of drug-likeness (QED) is 0.374. The lowest BCUT2D eigenvalue weighted by atomic mass is 10.0. The molecule has 1 fully saturated rings. The van der Waals surface area contributed by atoms with Gasteiger partial charge in [-0.3, -0.25) is 9.78 Å². The summed E-state index contributed by atoms with van der Waals surface area (Å²) < 4.78 is 5.73. The van der Waals surface area contributed by atoms with E-state index in [0.29, 0.717) is 4.57 Å². The zero-order valence-corrected chi connectivity index (χ0v) is 10.1. The average Bonchev–Trinajstić information content (AvgIpc) is 2.87. The molecule has 0 aromatic carbocycles.